The lowest BCUT2D eigenvalue weighted by Crippen LogP contribution is -1.96. The molecular formula is C16H11ClFNO. The van der Waals surface area contributed by atoms with Gasteiger partial charge in [-0.25, -0.2) is 9.37 Å². The third-order valence-corrected chi connectivity index (χ3v) is 3.33. The van der Waals surface area contributed by atoms with Crippen LogP contribution in [0.2, 0.25) is 0 Å². The Morgan fingerprint density at radius 2 is 1.85 bits per heavy atom. The van der Waals surface area contributed by atoms with Crippen molar-refractivity contribution in [3.05, 3.63) is 66.1 Å². The molecule has 3 aromatic rings. The van der Waals surface area contributed by atoms with Crippen molar-refractivity contribution in [2.45, 2.75) is 5.88 Å². The molecule has 0 unspecified atom stereocenters. The molecule has 3 rings (SSSR count). The second kappa shape index (κ2) is 5.47. The van der Waals surface area contributed by atoms with Crippen molar-refractivity contribution in [1.82, 2.24) is 4.98 Å². The van der Waals surface area contributed by atoms with E-state index in [1.54, 1.807) is 6.07 Å². The van der Waals surface area contributed by atoms with E-state index in [0.717, 1.165) is 10.8 Å². The number of halogens is 2. The molecule has 0 spiro atoms. The van der Waals surface area contributed by atoms with Crippen molar-refractivity contribution in [2.24, 2.45) is 0 Å². The normalized spacial score (nSPS) is 10.7. The molecule has 0 saturated carbocycles. The summed E-state index contributed by atoms with van der Waals surface area (Å²) in [6.07, 6.45) is 1.49. The number of pyridine rings is 1. The molecule has 0 saturated heterocycles. The predicted molar refractivity (Wildman–Crippen MR) is 77.8 cm³/mol. The molecule has 0 N–H and O–H groups in total. The van der Waals surface area contributed by atoms with E-state index in [1.165, 1.54) is 12.3 Å². The fraction of sp³-hybridized carbons (Fsp3) is 0.0625. The Morgan fingerprint density at radius 1 is 1.05 bits per heavy atom. The lowest BCUT2D eigenvalue weighted by molar-refractivity contribution is 0.424. The Kier molecular flexibility index (Phi) is 3.52. The van der Waals surface area contributed by atoms with Crippen LogP contribution in [0.25, 0.3) is 10.8 Å². The van der Waals surface area contributed by atoms with Crippen molar-refractivity contribution in [2.75, 3.05) is 0 Å². The molecule has 1 aromatic heterocycles. The first-order valence-electron chi connectivity index (χ1n) is 6.14. The molecule has 0 atom stereocenters. The third kappa shape index (κ3) is 2.32. The molecule has 0 radical (unpaired) electrons. The summed E-state index contributed by atoms with van der Waals surface area (Å²) in [6.45, 7) is 0. The molecule has 0 fully saturated rings. The van der Waals surface area contributed by atoms with Crippen molar-refractivity contribution in [1.29, 1.82) is 0 Å². The van der Waals surface area contributed by atoms with Crippen LogP contribution >= 0.6 is 11.6 Å². The Balaban J connectivity index is 2.06. The van der Waals surface area contributed by atoms with E-state index in [9.17, 15) is 4.39 Å². The zero-order valence-corrected chi connectivity index (χ0v) is 11.3. The number of rotatable bonds is 3. The van der Waals surface area contributed by atoms with E-state index in [1.807, 2.05) is 36.4 Å². The maximum atomic E-state index is 14.1. The first-order valence-corrected chi connectivity index (χ1v) is 6.68. The van der Waals surface area contributed by atoms with Gasteiger partial charge in [-0.05, 0) is 17.5 Å². The van der Waals surface area contributed by atoms with Crippen LogP contribution in [0.5, 0.6) is 11.6 Å². The second-order valence-corrected chi connectivity index (χ2v) is 4.57. The summed E-state index contributed by atoms with van der Waals surface area (Å²) < 4.78 is 19.7. The van der Waals surface area contributed by atoms with Gasteiger partial charge in [-0.15, -0.1) is 11.6 Å². The molecule has 100 valence electrons. The SMILES string of the molecule is Fc1c(CCl)ccnc1Oc1cccc2ccccc12. The molecule has 0 aliphatic carbocycles. The number of nitrogens with zero attached hydrogens (tertiary/aromatic N) is 1. The Labute approximate surface area is 120 Å². The summed E-state index contributed by atoms with van der Waals surface area (Å²) in [5, 5.41) is 1.94. The highest BCUT2D eigenvalue weighted by molar-refractivity contribution is 6.17. The summed E-state index contributed by atoms with van der Waals surface area (Å²) in [6, 6.07) is 14.9. The number of fused-ring (bicyclic) bond motifs is 1. The monoisotopic (exact) mass is 287 g/mol. The number of hydrogen-bond acceptors (Lipinski definition) is 2. The lowest BCUT2D eigenvalue weighted by Gasteiger charge is -2.09. The average molecular weight is 288 g/mol. The minimum Gasteiger partial charge on any atom is -0.436 e. The molecular weight excluding hydrogens is 277 g/mol. The Hall–Kier alpha value is -2.13. The fourth-order valence-electron chi connectivity index (χ4n) is 2.03. The third-order valence-electron chi connectivity index (χ3n) is 3.04. The molecule has 0 aliphatic heterocycles. The van der Waals surface area contributed by atoms with Gasteiger partial charge in [-0.2, -0.15) is 0 Å². The maximum Gasteiger partial charge on any atom is 0.256 e. The van der Waals surface area contributed by atoms with E-state index in [-0.39, 0.29) is 11.8 Å². The Morgan fingerprint density at radius 3 is 2.70 bits per heavy atom. The quantitative estimate of drug-likeness (QED) is 0.639. The molecule has 0 amide bonds. The summed E-state index contributed by atoms with van der Waals surface area (Å²) >= 11 is 5.68. The van der Waals surface area contributed by atoms with Crippen LogP contribution in [0.4, 0.5) is 4.39 Å². The van der Waals surface area contributed by atoms with Gasteiger partial charge in [0.1, 0.15) is 5.75 Å². The fourth-order valence-corrected chi connectivity index (χ4v) is 2.23. The van der Waals surface area contributed by atoms with Crippen molar-refractivity contribution < 1.29 is 9.13 Å². The number of ether oxygens (including phenoxy) is 1. The summed E-state index contributed by atoms with van der Waals surface area (Å²) in [4.78, 5) is 3.93. The molecule has 0 aliphatic rings. The van der Waals surface area contributed by atoms with Crippen LogP contribution in [0.15, 0.2) is 54.7 Å². The van der Waals surface area contributed by atoms with Crippen molar-refractivity contribution >= 4 is 22.4 Å². The minimum atomic E-state index is -0.518. The lowest BCUT2D eigenvalue weighted by atomic mass is 10.1. The number of aromatic nitrogens is 1. The van der Waals surface area contributed by atoms with E-state index in [0.29, 0.717) is 11.3 Å². The van der Waals surface area contributed by atoms with Gasteiger partial charge in [0.15, 0.2) is 5.82 Å². The highest BCUT2D eigenvalue weighted by atomic mass is 35.5. The zero-order chi connectivity index (χ0) is 13.9. The Bertz CT molecular complexity index is 755. The molecule has 20 heavy (non-hydrogen) atoms. The van der Waals surface area contributed by atoms with Gasteiger partial charge >= 0.3 is 0 Å². The minimum absolute atomic E-state index is 0.0560. The van der Waals surface area contributed by atoms with E-state index in [4.69, 9.17) is 16.3 Å². The van der Waals surface area contributed by atoms with Crippen LogP contribution in [0.1, 0.15) is 5.56 Å². The van der Waals surface area contributed by atoms with Crippen molar-refractivity contribution in [3.63, 3.8) is 0 Å². The van der Waals surface area contributed by atoms with Gasteiger partial charge in [0.05, 0.1) is 5.88 Å². The van der Waals surface area contributed by atoms with Gasteiger partial charge in [0, 0.05) is 17.1 Å². The van der Waals surface area contributed by atoms with Gasteiger partial charge in [0.25, 0.3) is 5.88 Å². The zero-order valence-electron chi connectivity index (χ0n) is 10.5. The van der Waals surface area contributed by atoms with Crippen LogP contribution < -0.4 is 4.74 Å². The summed E-state index contributed by atoms with van der Waals surface area (Å²) in [5.74, 6) is 0.0800. The predicted octanol–water partition coefficient (Wildman–Crippen LogP) is 4.91. The van der Waals surface area contributed by atoms with Crippen LogP contribution in [0, 0.1) is 5.82 Å². The maximum absolute atomic E-state index is 14.1. The van der Waals surface area contributed by atoms with E-state index < -0.39 is 5.82 Å². The van der Waals surface area contributed by atoms with Gasteiger partial charge in [-0.1, -0.05) is 36.4 Å². The van der Waals surface area contributed by atoms with E-state index >= 15 is 0 Å². The van der Waals surface area contributed by atoms with Gasteiger partial charge in [-0.3, -0.25) is 0 Å². The first-order chi connectivity index (χ1) is 9.79. The van der Waals surface area contributed by atoms with E-state index in [2.05, 4.69) is 4.98 Å². The number of benzene rings is 2. The number of hydrogen-bond donors (Lipinski definition) is 0. The first kappa shape index (κ1) is 12.9. The average Bonchev–Trinajstić information content (AvgIpc) is 2.50. The molecule has 2 nitrogen and oxygen atoms in total. The van der Waals surface area contributed by atoms with Crippen LogP contribution in [0.3, 0.4) is 0 Å². The highest BCUT2D eigenvalue weighted by Gasteiger charge is 2.12. The van der Waals surface area contributed by atoms with Crippen molar-refractivity contribution in [3.8, 4) is 11.6 Å². The molecule has 2 aromatic carbocycles. The smallest absolute Gasteiger partial charge is 0.256 e. The van der Waals surface area contributed by atoms with Crippen LogP contribution in [-0.4, -0.2) is 4.98 Å². The highest BCUT2D eigenvalue weighted by Crippen LogP contribution is 2.30. The van der Waals surface area contributed by atoms with Gasteiger partial charge in [0.2, 0.25) is 0 Å². The summed E-state index contributed by atoms with van der Waals surface area (Å²) in [5.41, 5.74) is 0.372. The van der Waals surface area contributed by atoms with Gasteiger partial charge < -0.3 is 4.74 Å². The molecule has 0 bridgehead atoms. The standard InChI is InChI=1S/C16H11ClFNO/c17-10-12-8-9-19-16(15(12)18)20-14-7-3-5-11-4-1-2-6-13(11)14/h1-9H,10H2. The topological polar surface area (TPSA) is 22.1 Å². The summed E-state index contributed by atoms with van der Waals surface area (Å²) in [7, 11) is 0. The van der Waals surface area contributed by atoms with Crippen LogP contribution in [-0.2, 0) is 5.88 Å². The largest absolute Gasteiger partial charge is 0.436 e. The number of alkyl halides is 1. The molecule has 1 heterocycles. The second-order valence-electron chi connectivity index (χ2n) is 4.30. The molecule has 4 heteroatoms.